The molecule has 3 atom stereocenters. The molecule has 5 nitrogen and oxygen atoms in total. The zero-order chi connectivity index (χ0) is 17.4. The Labute approximate surface area is 156 Å². The van der Waals surface area contributed by atoms with E-state index in [1.807, 2.05) is 0 Å². The minimum Gasteiger partial charge on any atom is -0.351 e. The molecule has 1 aromatic rings. The first-order valence-electron chi connectivity index (χ1n) is 8.81. The number of carbonyl (C=O) groups excluding carboxylic acids is 2. The maximum atomic E-state index is 12.8. The number of piperidine rings is 1. The van der Waals surface area contributed by atoms with E-state index < -0.39 is 0 Å². The lowest BCUT2D eigenvalue weighted by molar-refractivity contribution is -0.125. The Bertz CT molecular complexity index is 657. The SMILES string of the molecule is O=C(NC1CC2CCC(C1)N2)C1CSCN1C(=O)c1ccc(Cl)cc1. The molecule has 0 saturated carbocycles. The van der Waals surface area contributed by atoms with Crippen molar-refractivity contribution in [2.24, 2.45) is 0 Å². The average molecular weight is 380 g/mol. The fraction of sp³-hybridized carbons (Fsp3) is 0.556. The number of halogens is 1. The molecule has 0 aliphatic carbocycles. The fourth-order valence-corrected chi connectivity index (χ4v) is 5.37. The van der Waals surface area contributed by atoms with Gasteiger partial charge in [-0.2, -0.15) is 0 Å². The molecule has 3 aliphatic rings. The van der Waals surface area contributed by atoms with Crippen LogP contribution in [0.25, 0.3) is 0 Å². The molecular formula is C18H22ClN3O2S. The second-order valence-electron chi connectivity index (χ2n) is 7.11. The van der Waals surface area contributed by atoms with Crippen LogP contribution >= 0.6 is 23.4 Å². The first-order chi connectivity index (χ1) is 12.1. The molecule has 3 aliphatic heterocycles. The molecule has 7 heteroatoms. The number of benzene rings is 1. The van der Waals surface area contributed by atoms with Gasteiger partial charge in [-0.15, -0.1) is 11.8 Å². The summed E-state index contributed by atoms with van der Waals surface area (Å²) in [5.74, 6) is 1.09. The smallest absolute Gasteiger partial charge is 0.255 e. The Hall–Kier alpha value is -1.24. The van der Waals surface area contributed by atoms with Crippen LogP contribution in [0, 0.1) is 0 Å². The molecule has 2 bridgehead atoms. The highest BCUT2D eigenvalue weighted by atomic mass is 35.5. The summed E-state index contributed by atoms with van der Waals surface area (Å²) < 4.78 is 0. The van der Waals surface area contributed by atoms with Gasteiger partial charge in [0.15, 0.2) is 0 Å². The van der Waals surface area contributed by atoms with E-state index in [1.54, 1.807) is 40.9 Å². The third-order valence-electron chi connectivity index (χ3n) is 5.36. The van der Waals surface area contributed by atoms with E-state index in [0.29, 0.717) is 34.3 Å². The standard InChI is InChI=1S/C18H22ClN3O2S/c19-12-3-1-11(2-4-12)18(24)22-10-25-9-16(22)17(23)21-15-7-13-5-6-14(8-15)20-13/h1-4,13-16,20H,5-10H2,(H,21,23). The predicted octanol–water partition coefficient (Wildman–Crippen LogP) is 2.25. The Morgan fingerprint density at radius 3 is 2.52 bits per heavy atom. The Kier molecular flexibility index (Phi) is 4.93. The van der Waals surface area contributed by atoms with Gasteiger partial charge in [0, 0.05) is 34.5 Å². The van der Waals surface area contributed by atoms with Crippen LogP contribution in [0.1, 0.15) is 36.0 Å². The number of nitrogens with one attached hydrogen (secondary N) is 2. The highest BCUT2D eigenvalue weighted by Crippen LogP contribution is 2.28. The Morgan fingerprint density at radius 1 is 1.16 bits per heavy atom. The van der Waals surface area contributed by atoms with Crippen LogP contribution < -0.4 is 10.6 Å². The van der Waals surface area contributed by atoms with Gasteiger partial charge in [-0.1, -0.05) is 11.6 Å². The second kappa shape index (κ2) is 7.17. The summed E-state index contributed by atoms with van der Waals surface area (Å²) in [6.45, 7) is 0. The second-order valence-corrected chi connectivity index (χ2v) is 8.55. The molecular weight excluding hydrogens is 358 g/mol. The lowest BCUT2D eigenvalue weighted by atomic mass is 9.99. The van der Waals surface area contributed by atoms with Crippen molar-refractivity contribution in [2.75, 3.05) is 11.6 Å². The third kappa shape index (κ3) is 3.66. The third-order valence-corrected chi connectivity index (χ3v) is 6.62. The monoisotopic (exact) mass is 379 g/mol. The number of rotatable bonds is 3. The zero-order valence-electron chi connectivity index (χ0n) is 13.9. The van der Waals surface area contributed by atoms with E-state index in [4.69, 9.17) is 11.6 Å². The largest absolute Gasteiger partial charge is 0.351 e. The van der Waals surface area contributed by atoms with Crippen LogP contribution in [-0.2, 0) is 4.79 Å². The molecule has 4 rings (SSSR count). The van der Waals surface area contributed by atoms with Crippen LogP contribution in [-0.4, -0.2) is 52.5 Å². The van der Waals surface area contributed by atoms with E-state index in [0.717, 1.165) is 12.8 Å². The number of thioether (sulfide) groups is 1. The number of nitrogens with zero attached hydrogens (tertiary/aromatic N) is 1. The number of amides is 2. The summed E-state index contributed by atoms with van der Waals surface area (Å²) >= 11 is 7.52. The number of hydrogen-bond donors (Lipinski definition) is 2. The van der Waals surface area contributed by atoms with Crippen molar-refractivity contribution >= 4 is 35.2 Å². The first-order valence-corrected chi connectivity index (χ1v) is 10.3. The minimum atomic E-state index is -0.388. The highest BCUT2D eigenvalue weighted by molar-refractivity contribution is 7.99. The van der Waals surface area contributed by atoms with Gasteiger partial charge in [0.05, 0.1) is 5.88 Å². The van der Waals surface area contributed by atoms with Crippen molar-refractivity contribution in [1.29, 1.82) is 0 Å². The van der Waals surface area contributed by atoms with Crippen LogP contribution in [0.3, 0.4) is 0 Å². The normalized spacial score (nSPS) is 31.2. The number of hydrogen-bond acceptors (Lipinski definition) is 4. The summed E-state index contributed by atoms with van der Waals surface area (Å²) in [7, 11) is 0. The molecule has 2 amide bonds. The number of fused-ring (bicyclic) bond motifs is 2. The maximum Gasteiger partial charge on any atom is 0.255 e. The summed E-state index contributed by atoms with van der Waals surface area (Å²) in [6.07, 6.45) is 4.40. The summed E-state index contributed by atoms with van der Waals surface area (Å²) in [6, 6.07) is 7.75. The van der Waals surface area contributed by atoms with Gasteiger partial charge in [0.25, 0.3) is 5.91 Å². The molecule has 3 heterocycles. The van der Waals surface area contributed by atoms with Gasteiger partial charge in [-0.05, 0) is 49.9 Å². The topological polar surface area (TPSA) is 61.4 Å². The van der Waals surface area contributed by atoms with Crippen molar-refractivity contribution in [3.63, 3.8) is 0 Å². The predicted molar refractivity (Wildman–Crippen MR) is 99.8 cm³/mol. The van der Waals surface area contributed by atoms with Gasteiger partial charge < -0.3 is 15.5 Å². The van der Waals surface area contributed by atoms with Crippen molar-refractivity contribution < 1.29 is 9.59 Å². The van der Waals surface area contributed by atoms with Gasteiger partial charge in [0.1, 0.15) is 6.04 Å². The molecule has 0 aromatic heterocycles. The van der Waals surface area contributed by atoms with Gasteiger partial charge in [0.2, 0.25) is 5.91 Å². The molecule has 3 unspecified atom stereocenters. The molecule has 2 N–H and O–H groups in total. The van der Waals surface area contributed by atoms with E-state index in [9.17, 15) is 9.59 Å². The maximum absolute atomic E-state index is 12.8. The van der Waals surface area contributed by atoms with E-state index in [-0.39, 0.29) is 23.9 Å². The first kappa shape index (κ1) is 17.2. The van der Waals surface area contributed by atoms with Crippen molar-refractivity contribution in [2.45, 2.75) is 49.9 Å². The summed E-state index contributed by atoms with van der Waals surface area (Å²) in [5.41, 5.74) is 0.574. The number of carbonyl (C=O) groups is 2. The van der Waals surface area contributed by atoms with Crippen molar-refractivity contribution in [3.8, 4) is 0 Å². The lowest BCUT2D eigenvalue weighted by Gasteiger charge is -2.31. The van der Waals surface area contributed by atoms with Crippen molar-refractivity contribution in [3.05, 3.63) is 34.9 Å². The fourth-order valence-electron chi connectivity index (χ4n) is 4.09. The molecule has 134 valence electrons. The summed E-state index contributed by atoms with van der Waals surface area (Å²) in [4.78, 5) is 27.2. The van der Waals surface area contributed by atoms with Gasteiger partial charge in [-0.25, -0.2) is 0 Å². The van der Waals surface area contributed by atoms with E-state index >= 15 is 0 Å². The lowest BCUT2D eigenvalue weighted by Crippen LogP contribution is -2.53. The molecule has 0 radical (unpaired) electrons. The van der Waals surface area contributed by atoms with Gasteiger partial charge >= 0.3 is 0 Å². The van der Waals surface area contributed by atoms with Crippen LogP contribution in [0.5, 0.6) is 0 Å². The van der Waals surface area contributed by atoms with Gasteiger partial charge in [-0.3, -0.25) is 9.59 Å². The molecule has 3 fully saturated rings. The average Bonchev–Trinajstić information content (AvgIpc) is 3.21. The van der Waals surface area contributed by atoms with Crippen LogP contribution in [0.4, 0.5) is 0 Å². The highest BCUT2D eigenvalue weighted by Gasteiger charge is 2.38. The summed E-state index contributed by atoms with van der Waals surface area (Å²) in [5, 5.41) is 7.38. The Morgan fingerprint density at radius 2 is 1.84 bits per heavy atom. The van der Waals surface area contributed by atoms with Crippen LogP contribution in [0.15, 0.2) is 24.3 Å². The molecule has 1 aromatic carbocycles. The zero-order valence-corrected chi connectivity index (χ0v) is 15.5. The van der Waals surface area contributed by atoms with E-state index in [1.165, 1.54) is 12.8 Å². The molecule has 3 saturated heterocycles. The quantitative estimate of drug-likeness (QED) is 0.845. The minimum absolute atomic E-state index is 0.0152. The Balaban J connectivity index is 1.41. The molecule has 25 heavy (non-hydrogen) atoms. The van der Waals surface area contributed by atoms with E-state index in [2.05, 4.69) is 10.6 Å². The molecule has 0 spiro atoms. The van der Waals surface area contributed by atoms with Crippen LogP contribution in [0.2, 0.25) is 5.02 Å². The van der Waals surface area contributed by atoms with Crippen molar-refractivity contribution in [1.82, 2.24) is 15.5 Å².